The van der Waals surface area contributed by atoms with Gasteiger partial charge >= 0.3 is 0 Å². The molecule has 16 heavy (non-hydrogen) atoms. The van der Waals surface area contributed by atoms with Crippen LogP contribution >= 0.6 is 0 Å². The second-order valence-corrected chi connectivity index (χ2v) is 6.74. The molecule has 1 aliphatic carbocycles. The first kappa shape index (κ1) is 14.0. The summed E-state index contributed by atoms with van der Waals surface area (Å²) in [4.78, 5) is 0. The minimum atomic E-state index is 0.199. The van der Waals surface area contributed by atoms with Crippen LogP contribution in [0.4, 0.5) is 0 Å². The van der Waals surface area contributed by atoms with Crippen molar-refractivity contribution >= 4 is 0 Å². The van der Waals surface area contributed by atoms with E-state index in [2.05, 4.69) is 38.3 Å². The van der Waals surface area contributed by atoms with E-state index >= 15 is 0 Å². The normalized spacial score (nSPS) is 19.3. The molecule has 0 aromatic carbocycles. The Morgan fingerprint density at radius 3 is 2.06 bits per heavy atom. The Balaban J connectivity index is 2.40. The smallest absolute Gasteiger partial charge is 0.0249 e. The lowest BCUT2D eigenvalue weighted by molar-refractivity contribution is 0.185. The first-order valence-corrected chi connectivity index (χ1v) is 6.77. The summed E-state index contributed by atoms with van der Waals surface area (Å²) in [5, 5.41) is 6.97. The van der Waals surface area contributed by atoms with E-state index in [0.717, 1.165) is 19.0 Å². The van der Waals surface area contributed by atoms with Crippen molar-refractivity contribution in [1.82, 2.24) is 10.6 Å². The summed E-state index contributed by atoms with van der Waals surface area (Å²) in [6.45, 7) is 11.5. The van der Waals surface area contributed by atoms with Crippen molar-refractivity contribution in [2.75, 3.05) is 20.1 Å². The van der Waals surface area contributed by atoms with E-state index in [0.29, 0.717) is 5.41 Å². The highest BCUT2D eigenvalue weighted by Gasteiger charge is 2.32. The lowest BCUT2D eigenvalue weighted by atomic mass is 9.77. The van der Waals surface area contributed by atoms with Crippen LogP contribution in [0, 0.1) is 11.3 Å². The monoisotopic (exact) mass is 226 g/mol. The van der Waals surface area contributed by atoms with Gasteiger partial charge in [0, 0.05) is 18.6 Å². The predicted molar refractivity (Wildman–Crippen MR) is 71.7 cm³/mol. The molecule has 96 valence electrons. The Bertz CT molecular complexity index is 203. The zero-order valence-corrected chi connectivity index (χ0v) is 11.8. The molecule has 0 bridgehead atoms. The van der Waals surface area contributed by atoms with Gasteiger partial charge in [0.2, 0.25) is 0 Å². The van der Waals surface area contributed by atoms with Crippen molar-refractivity contribution in [3.63, 3.8) is 0 Å². The maximum atomic E-state index is 3.71. The molecule has 0 radical (unpaired) electrons. The summed E-state index contributed by atoms with van der Waals surface area (Å²) in [6, 6.07) is 0. The Labute approximate surface area is 102 Å². The molecule has 0 amide bonds. The molecule has 0 aliphatic heterocycles. The molecule has 0 aromatic heterocycles. The second kappa shape index (κ2) is 5.50. The van der Waals surface area contributed by atoms with Gasteiger partial charge in [0.15, 0.2) is 0 Å². The number of hydrogen-bond donors (Lipinski definition) is 2. The van der Waals surface area contributed by atoms with Gasteiger partial charge in [-0.25, -0.2) is 0 Å². The van der Waals surface area contributed by atoms with Gasteiger partial charge in [-0.3, -0.25) is 0 Å². The number of hydrogen-bond acceptors (Lipinski definition) is 2. The maximum Gasteiger partial charge on any atom is 0.0249 e. The molecule has 2 nitrogen and oxygen atoms in total. The molecule has 0 atom stereocenters. The minimum Gasteiger partial charge on any atom is -0.318 e. The number of nitrogens with one attached hydrogen (secondary N) is 2. The van der Waals surface area contributed by atoms with E-state index in [4.69, 9.17) is 0 Å². The van der Waals surface area contributed by atoms with E-state index in [1.807, 2.05) is 7.05 Å². The van der Waals surface area contributed by atoms with Crippen LogP contribution in [-0.4, -0.2) is 25.7 Å². The minimum absolute atomic E-state index is 0.199. The quantitative estimate of drug-likeness (QED) is 0.728. The molecular weight excluding hydrogens is 196 g/mol. The fraction of sp³-hybridized carbons (Fsp3) is 1.00. The fourth-order valence-electron chi connectivity index (χ4n) is 2.82. The lowest BCUT2D eigenvalue weighted by Crippen LogP contribution is -2.51. The van der Waals surface area contributed by atoms with E-state index in [-0.39, 0.29) is 5.54 Å². The molecule has 1 aliphatic rings. The standard InChI is InChI=1S/C14H30N2/c1-13(2,12-8-6-7-9-12)10-16-14(3,4)11-15-5/h12,15-16H,6-11H2,1-5H3. The summed E-state index contributed by atoms with van der Waals surface area (Å²) < 4.78 is 0. The van der Waals surface area contributed by atoms with Gasteiger partial charge < -0.3 is 10.6 Å². The summed E-state index contributed by atoms with van der Waals surface area (Å²) in [6.07, 6.45) is 5.74. The molecule has 2 N–H and O–H groups in total. The topological polar surface area (TPSA) is 24.1 Å². The second-order valence-electron chi connectivity index (χ2n) is 6.74. The summed E-state index contributed by atoms with van der Waals surface area (Å²) in [5.41, 5.74) is 0.645. The molecule has 0 aromatic rings. The van der Waals surface area contributed by atoms with Gasteiger partial charge in [0.1, 0.15) is 0 Å². The van der Waals surface area contributed by atoms with Gasteiger partial charge in [-0.05, 0) is 45.1 Å². The molecule has 0 unspecified atom stereocenters. The molecule has 2 heteroatoms. The van der Waals surface area contributed by atoms with Gasteiger partial charge in [0.05, 0.1) is 0 Å². The Kier molecular flexibility index (Phi) is 4.81. The third-order valence-corrected chi connectivity index (χ3v) is 4.10. The Morgan fingerprint density at radius 1 is 1.00 bits per heavy atom. The fourth-order valence-corrected chi connectivity index (χ4v) is 2.82. The molecule has 0 saturated heterocycles. The van der Waals surface area contributed by atoms with Crippen LogP contribution in [0.25, 0.3) is 0 Å². The predicted octanol–water partition coefficient (Wildman–Crippen LogP) is 2.79. The molecule has 0 heterocycles. The summed E-state index contributed by atoms with van der Waals surface area (Å²) >= 11 is 0. The van der Waals surface area contributed by atoms with Gasteiger partial charge in [-0.2, -0.15) is 0 Å². The highest BCUT2D eigenvalue weighted by molar-refractivity contribution is 4.88. The third kappa shape index (κ3) is 4.06. The molecule has 1 rings (SSSR count). The van der Waals surface area contributed by atoms with Gasteiger partial charge in [0.25, 0.3) is 0 Å². The summed E-state index contributed by atoms with van der Waals surface area (Å²) in [7, 11) is 2.02. The van der Waals surface area contributed by atoms with Crippen LogP contribution in [0.15, 0.2) is 0 Å². The molecular formula is C14H30N2. The number of likely N-dealkylation sites (N-methyl/N-ethyl adjacent to an activating group) is 1. The van der Waals surface area contributed by atoms with Gasteiger partial charge in [-0.1, -0.05) is 26.7 Å². The van der Waals surface area contributed by atoms with Crippen molar-refractivity contribution in [2.45, 2.75) is 58.9 Å². The van der Waals surface area contributed by atoms with Crippen molar-refractivity contribution < 1.29 is 0 Å². The third-order valence-electron chi connectivity index (χ3n) is 4.10. The van der Waals surface area contributed by atoms with Crippen molar-refractivity contribution in [2.24, 2.45) is 11.3 Å². The van der Waals surface area contributed by atoms with Crippen LogP contribution < -0.4 is 10.6 Å². The maximum absolute atomic E-state index is 3.71. The Hall–Kier alpha value is -0.0800. The highest BCUT2D eigenvalue weighted by Crippen LogP contribution is 2.39. The van der Waals surface area contributed by atoms with Crippen LogP contribution in [-0.2, 0) is 0 Å². The van der Waals surface area contributed by atoms with Crippen LogP contribution in [0.1, 0.15) is 53.4 Å². The van der Waals surface area contributed by atoms with E-state index < -0.39 is 0 Å². The van der Waals surface area contributed by atoms with Crippen molar-refractivity contribution in [3.05, 3.63) is 0 Å². The molecule has 1 fully saturated rings. The first-order chi connectivity index (χ1) is 7.37. The average molecular weight is 226 g/mol. The largest absolute Gasteiger partial charge is 0.318 e. The lowest BCUT2D eigenvalue weighted by Gasteiger charge is -2.36. The zero-order valence-electron chi connectivity index (χ0n) is 11.8. The van der Waals surface area contributed by atoms with E-state index in [1.165, 1.54) is 25.7 Å². The van der Waals surface area contributed by atoms with E-state index in [9.17, 15) is 0 Å². The SMILES string of the molecule is CNCC(C)(C)NCC(C)(C)C1CCCC1. The summed E-state index contributed by atoms with van der Waals surface area (Å²) in [5.74, 6) is 0.922. The zero-order chi connectivity index (χ0) is 12.2. The number of rotatable bonds is 6. The van der Waals surface area contributed by atoms with Crippen LogP contribution in [0.2, 0.25) is 0 Å². The average Bonchev–Trinajstić information content (AvgIpc) is 2.68. The molecule has 0 spiro atoms. The molecule has 1 saturated carbocycles. The van der Waals surface area contributed by atoms with Crippen LogP contribution in [0.5, 0.6) is 0 Å². The van der Waals surface area contributed by atoms with E-state index in [1.54, 1.807) is 0 Å². The van der Waals surface area contributed by atoms with Gasteiger partial charge in [-0.15, -0.1) is 0 Å². The highest BCUT2D eigenvalue weighted by atomic mass is 15.0. The van der Waals surface area contributed by atoms with Crippen LogP contribution in [0.3, 0.4) is 0 Å². The first-order valence-electron chi connectivity index (χ1n) is 6.77. The van der Waals surface area contributed by atoms with Crippen molar-refractivity contribution in [1.29, 1.82) is 0 Å². The van der Waals surface area contributed by atoms with Crippen molar-refractivity contribution in [3.8, 4) is 0 Å². The Morgan fingerprint density at radius 2 is 1.56 bits per heavy atom.